The highest BCUT2D eigenvalue weighted by molar-refractivity contribution is 7.88. The summed E-state index contributed by atoms with van der Waals surface area (Å²) in [5.74, 6) is 1.90. The van der Waals surface area contributed by atoms with Crippen molar-refractivity contribution in [2.45, 2.75) is 26.2 Å². The van der Waals surface area contributed by atoms with E-state index < -0.39 is 10.0 Å². The highest BCUT2D eigenvalue weighted by atomic mass is 32.2. The lowest BCUT2D eigenvalue weighted by molar-refractivity contribution is 0.194. The summed E-state index contributed by atoms with van der Waals surface area (Å²) in [6, 6.07) is 3.84. The van der Waals surface area contributed by atoms with Crippen molar-refractivity contribution in [3.63, 3.8) is 0 Å². The number of hydrogen-bond acceptors (Lipinski definition) is 5. The first kappa shape index (κ1) is 14.3. The number of aromatic nitrogens is 2. The van der Waals surface area contributed by atoms with Crippen LogP contribution in [0.15, 0.2) is 29.0 Å². The zero-order valence-corrected chi connectivity index (χ0v) is 12.6. The van der Waals surface area contributed by atoms with Gasteiger partial charge in [-0.1, -0.05) is 0 Å². The number of sulfonamides is 1. The quantitative estimate of drug-likeness (QED) is 0.872. The van der Waals surface area contributed by atoms with Gasteiger partial charge in [-0.15, -0.1) is 0 Å². The number of nitrogens with zero attached hydrogens (tertiary/aromatic N) is 3. The zero-order chi connectivity index (χ0) is 14.9. The van der Waals surface area contributed by atoms with Crippen molar-refractivity contribution in [2.75, 3.05) is 12.8 Å². The molecule has 8 heteroatoms. The third kappa shape index (κ3) is 3.72. The standard InChI is InChI=1S/C13H18N4O3S/c1-21(18,19)14-7-11-8-17-5-4-16(10-13(17)15-11)9-12-3-2-6-20-12/h2-3,6,8,14H,4-5,7,9-10H2,1H3. The molecule has 2 aromatic heterocycles. The molecule has 114 valence electrons. The number of nitrogens with one attached hydrogen (secondary N) is 1. The van der Waals surface area contributed by atoms with Crippen molar-refractivity contribution in [1.82, 2.24) is 19.2 Å². The minimum atomic E-state index is -3.19. The molecule has 0 atom stereocenters. The van der Waals surface area contributed by atoms with E-state index in [0.29, 0.717) is 0 Å². The van der Waals surface area contributed by atoms with E-state index in [-0.39, 0.29) is 6.54 Å². The highest BCUT2D eigenvalue weighted by Gasteiger charge is 2.19. The Hall–Kier alpha value is -1.64. The molecule has 2 aromatic rings. The van der Waals surface area contributed by atoms with Crippen LogP contribution < -0.4 is 4.72 Å². The van der Waals surface area contributed by atoms with E-state index in [1.807, 2.05) is 18.3 Å². The van der Waals surface area contributed by atoms with Crippen molar-refractivity contribution >= 4 is 10.0 Å². The van der Waals surface area contributed by atoms with Gasteiger partial charge in [-0.2, -0.15) is 0 Å². The van der Waals surface area contributed by atoms with Gasteiger partial charge >= 0.3 is 0 Å². The maximum absolute atomic E-state index is 11.1. The maximum atomic E-state index is 11.1. The molecule has 0 unspecified atom stereocenters. The molecule has 1 aliphatic rings. The second kappa shape index (κ2) is 5.63. The number of rotatable bonds is 5. The van der Waals surface area contributed by atoms with Crippen LogP contribution in [-0.4, -0.2) is 35.7 Å². The van der Waals surface area contributed by atoms with Crippen LogP contribution in [0.1, 0.15) is 17.3 Å². The van der Waals surface area contributed by atoms with Crippen molar-refractivity contribution in [3.05, 3.63) is 41.9 Å². The van der Waals surface area contributed by atoms with Crippen LogP contribution in [0.4, 0.5) is 0 Å². The molecule has 1 aliphatic heterocycles. The molecular formula is C13H18N4O3S. The molecule has 0 saturated heterocycles. The predicted molar refractivity (Wildman–Crippen MR) is 76.7 cm³/mol. The summed E-state index contributed by atoms with van der Waals surface area (Å²) in [4.78, 5) is 6.76. The Morgan fingerprint density at radius 1 is 1.43 bits per heavy atom. The fourth-order valence-electron chi connectivity index (χ4n) is 2.41. The van der Waals surface area contributed by atoms with E-state index in [9.17, 15) is 8.42 Å². The van der Waals surface area contributed by atoms with E-state index in [2.05, 4.69) is 19.2 Å². The molecule has 0 saturated carbocycles. The van der Waals surface area contributed by atoms with Gasteiger partial charge in [0.25, 0.3) is 0 Å². The first-order valence-electron chi connectivity index (χ1n) is 6.74. The van der Waals surface area contributed by atoms with Gasteiger partial charge in [0.1, 0.15) is 11.6 Å². The fraction of sp³-hybridized carbons (Fsp3) is 0.462. The van der Waals surface area contributed by atoms with Crippen LogP contribution in [0.5, 0.6) is 0 Å². The van der Waals surface area contributed by atoms with Gasteiger partial charge in [-0.3, -0.25) is 4.90 Å². The van der Waals surface area contributed by atoms with Gasteiger partial charge in [0.05, 0.1) is 37.8 Å². The topological polar surface area (TPSA) is 80.4 Å². The van der Waals surface area contributed by atoms with Gasteiger partial charge in [0.15, 0.2) is 0 Å². The van der Waals surface area contributed by atoms with Crippen molar-refractivity contribution in [3.8, 4) is 0 Å². The van der Waals surface area contributed by atoms with Crippen LogP contribution in [0.3, 0.4) is 0 Å². The number of furan rings is 1. The van der Waals surface area contributed by atoms with Gasteiger partial charge in [0, 0.05) is 19.3 Å². The summed E-state index contributed by atoms with van der Waals surface area (Å²) >= 11 is 0. The van der Waals surface area contributed by atoms with E-state index in [4.69, 9.17) is 4.42 Å². The van der Waals surface area contributed by atoms with Crippen LogP contribution in [-0.2, 0) is 36.2 Å². The second-order valence-corrected chi connectivity index (χ2v) is 7.06. The molecule has 0 aromatic carbocycles. The molecular weight excluding hydrogens is 292 g/mol. The number of hydrogen-bond donors (Lipinski definition) is 1. The average molecular weight is 310 g/mol. The van der Waals surface area contributed by atoms with E-state index in [0.717, 1.165) is 49.7 Å². The smallest absolute Gasteiger partial charge is 0.209 e. The molecule has 0 spiro atoms. The Labute approximate surface area is 123 Å². The minimum Gasteiger partial charge on any atom is -0.468 e. The highest BCUT2D eigenvalue weighted by Crippen LogP contribution is 2.15. The average Bonchev–Trinajstić information content (AvgIpc) is 3.04. The van der Waals surface area contributed by atoms with E-state index in [1.165, 1.54) is 0 Å². The summed E-state index contributed by atoms with van der Waals surface area (Å²) in [6.07, 6.45) is 4.74. The van der Waals surface area contributed by atoms with Gasteiger partial charge in [-0.05, 0) is 12.1 Å². The summed E-state index contributed by atoms with van der Waals surface area (Å²) in [5.41, 5.74) is 0.746. The Bertz CT molecular complexity index is 706. The molecule has 0 aliphatic carbocycles. The van der Waals surface area contributed by atoms with Gasteiger partial charge in [-0.25, -0.2) is 18.1 Å². The number of imidazole rings is 1. The predicted octanol–water partition coefficient (Wildman–Crippen LogP) is 0.541. The Morgan fingerprint density at radius 3 is 3.00 bits per heavy atom. The van der Waals surface area contributed by atoms with E-state index in [1.54, 1.807) is 6.26 Å². The molecule has 1 N–H and O–H groups in total. The van der Waals surface area contributed by atoms with Crippen LogP contribution in [0, 0.1) is 0 Å². The molecule has 0 fully saturated rings. The molecule has 0 amide bonds. The molecule has 7 nitrogen and oxygen atoms in total. The zero-order valence-electron chi connectivity index (χ0n) is 11.8. The summed E-state index contributed by atoms with van der Waals surface area (Å²) in [7, 11) is -3.19. The Morgan fingerprint density at radius 2 is 2.29 bits per heavy atom. The normalized spacial score (nSPS) is 16.0. The molecule has 3 heterocycles. The SMILES string of the molecule is CS(=O)(=O)NCc1cn2c(n1)CN(Cc1ccco1)CC2. The lowest BCUT2D eigenvalue weighted by atomic mass is 10.3. The first-order valence-corrected chi connectivity index (χ1v) is 8.63. The monoisotopic (exact) mass is 310 g/mol. The van der Waals surface area contributed by atoms with Crippen molar-refractivity contribution in [1.29, 1.82) is 0 Å². The van der Waals surface area contributed by atoms with Crippen LogP contribution in [0.2, 0.25) is 0 Å². The summed E-state index contributed by atoms with van der Waals surface area (Å²) in [6.45, 7) is 3.50. The lowest BCUT2D eigenvalue weighted by Gasteiger charge is -2.26. The Balaban J connectivity index is 1.64. The van der Waals surface area contributed by atoms with Crippen LogP contribution >= 0.6 is 0 Å². The summed E-state index contributed by atoms with van der Waals surface area (Å²) < 4.78 is 32.1. The fourth-order valence-corrected chi connectivity index (χ4v) is 2.82. The lowest BCUT2D eigenvalue weighted by Crippen LogP contribution is -2.33. The molecule has 21 heavy (non-hydrogen) atoms. The first-order chi connectivity index (χ1) is 9.99. The second-order valence-electron chi connectivity index (χ2n) is 5.23. The van der Waals surface area contributed by atoms with Gasteiger partial charge < -0.3 is 8.98 Å². The molecule has 3 rings (SSSR count). The van der Waals surface area contributed by atoms with Crippen molar-refractivity contribution in [2.24, 2.45) is 0 Å². The molecule has 0 radical (unpaired) electrons. The maximum Gasteiger partial charge on any atom is 0.209 e. The van der Waals surface area contributed by atoms with E-state index >= 15 is 0 Å². The van der Waals surface area contributed by atoms with Crippen molar-refractivity contribution < 1.29 is 12.8 Å². The number of fused-ring (bicyclic) bond motifs is 1. The third-order valence-electron chi connectivity index (χ3n) is 3.41. The minimum absolute atomic E-state index is 0.233. The van der Waals surface area contributed by atoms with Crippen LogP contribution in [0.25, 0.3) is 0 Å². The third-order valence-corrected chi connectivity index (χ3v) is 4.07. The van der Waals surface area contributed by atoms with Gasteiger partial charge in [0.2, 0.25) is 10.0 Å². The molecule has 0 bridgehead atoms. The Kier molecular flexibility index (Phi) is 3.83. The largest absolute Gasteiger partial charge is 0.468 e. The summed E-state index contributed by atoms with van der Waals surface area (Å²) in [5, 5.41) is 0.